The molecule has 0 spiro atoms. The third kappa shape index (κ3) is 3.45. The van der Waals surface area contributed by atoms with Crippen molar-refractivity contribution in [1.29, 1.82) is 0 Å². The first-order valence-corrected chi connectivity index (χ1v) is 6.23. The van der Waals surface area contributed by atoms with Crippen molar-refractivity contribution in [2.75, 3.05) is 10.7 Å². The second-order valence-corrected chi connectivity index (χ2v) is 4.66. The number of furan rings is 1. The summed E-state index contributed by atoms with van der Waals surface area (Å²) in [6.07, 6.45) is 0. The number of nitrogen functional groups attached to an aromatic ring is 1. The lowest BCUT2D eigenvalue weighted by Crippen LogP contribution is -2.12. The van der Waals surface area contributed by atoms with Gasteiger partial charge in [0.2, 0.25) is 0 Å². The first-order valence-electron chi connectivity index (χ1n) is 6.23. The number of aromatic nitrogens is 2. The minimum atomic E-state index is 0.236. The average Bonchev–Trinajstić information content (AvgIpc) is 2.81. The molecule has 6 heteroatoms. The predicted molar refractivity (Wildman–Crippen MR) is 74.7 cm³/mol. The number of nitrogens with two attached hydrogens (primary N) is 1. The molecule has 2 aromatic rings. The fourth-order valence-corrected chi connectivity index (χ4v) is 1.65. The molecule has 0 aliphatic rings. The number of hydrogen-bond donors (Lipinski definition) is 3. The Kier molecular flexibility index (Phi) is 4.01. The van der Waals surface area contributed by atoms with Gasteiger partial charge in [-0.15, -0.1) is 0 Å². The highest BCUT2D eigenvalue weighted by atomic mass is 16.3. The van der Waals surface area contributed by atoms with E-state index in [0.29, 0.717) is 12.4 Å². The lowest BCUT2D eigenvalue weighted by Gasteiger charge is -2.10. The average molecular weight is 261 g/mol. The molecule has 0 unspecified atom stereocenters. The van der Waals surface area contributed by atoms with Crippen LogP contribution in [0.5, 0.6) is 0 Å². The Morgan fingerprint density at radius 3 is 2.58 bits per heavy atom. The van der Waals surface area contributed by atoms with Gasteiger partial charge in [0.15, 0.2) is 0 Å². The highest BCUT2D eigenvalue weighted by Gasteiger charge is 2.08. The Morgan fingerprint density at radius 1 is 1.26 bits per heavy atom. The molecule has 0 radical (unpaired) electrons. The molecular weight excluding hydrogens is 242 g/mol. The summed E-state index contributed by atoms with van der Waals surface area (Å²) in [5.41, 5.74) is 2.55. The van der Waals surface area contributed by atoms with Gasteiger partial charge in [0.1, 0.15) is 29.0 Å². The number of nitrogens with one attached hydrogen (secondary N) is 2. The van der Waals surface area contributed by atoms with Crippen LogP contribution in [0.4, 0.5) is 11.6 Å². The van der Waals surface area contributed by atoms with Crippen molar-refractivity contribution in [3.63, 3.8) is 0 Å². The smallest absolute Gasteiger partial charge is 0.145 e. The monoisotopic (exact) mass is 261 g/mol. The van der Waals surface area contributed by atoms with Gasteiger partial charge in [-0.3, -0.25) is 0 Å². The zero-order valence-electron chi connectivity index (χ0n) is 11.4. The van der Waals surface area contributed by atoms with Gasteiger partial charge < -0.3 is 15.2 Å². The molecule has 0 amide bonds. The Labute approximate surface area is 112 Å². The number of anilines is 2. The molecule has 6 nitrogen and oxygen atoms in total. The van der Waals surface area contributed by atoms with Crippen molar-refractivity contribution in [2.24, 2.45) is 5.84 Å². The second kappa shape index (κ2) is 5.71. The van der Waals surface area contributed by atoms with Gasteiger partial charge in [-0.1, -0.05) is 13.8 Å². The summed E-state index contributed by atoms with van der Waals surface area (Å²) in [6.45, 7) is 6.57. The molecule has 2 rings (SSSR count). The fraction of sp³-hybridized carbons (Fsp3) is 0.385. The van der Waals surface area contributed by atoms with Crippen LogP contribution in [0.3, 0.4) is 0 Å². The van der Waals surface area contributed by atoms with Gasteiger partial charge in [-0.2, -0.15) is 0 Å². The second-order valence-electron chi connectivity index (χ2n) is 4.66. The molecule has 2 heterocycles. The SMILES string of the molecule is Cc1ccc(CNc2cc(NN)nc(C(C)C)n2)o1. The Morgan fingerprint density at radius 2 is 2.00 bits per heavy atom. The molecule has 2 aromatic heterocycles. The lowest BCUT2D eigenvalue weighted by atomic mass is 10.2. The van der Waals surface area contributed by atoms with E-state index in [1.807, 2.05) is 32.9 Å². The van der Waals surface area contributed by atoms with Gasteiger partial charge in [-0.05, 0) is 19.1 Å². The summed E-state index contributed by atoms with van der Waals surface area (Å²) >= 11 is 0. The number of aryl methyl sites for hydroxylation is 1. The fourth-order valence-electron chi connectivity index (χ4n) is 1.65. The molecule has 0 bridgehead atoms. The van der Waals surface area contributed by atoms with Crippen molar-refractivity contribution >= 4 is 11.6 Å². The topological polar surface area (TPSA) is 89.0 Å². The van der Waals surface area contributed by atoms with E-state index in [0.717, 1.165) is 23.2 Å². The number of hydrogen-bond acceptors (Lipinski definition) is 6. The first kappa shape index (κ1) is 13.4. The third-order valence-corrected chi connectivity index (χ3v) is 2.65. The maximum absolute atomic E-state index is 5.49. The molecule has 0 atom stereocenters. The van der Waals surface area contributed by atoms with Gasteiger partial charge in [0.25, 0.3) is 0 Å². The predicted octanol–water partition coefficient (Wildman–Crippen LogP) is 2.40. The molecule has 4 N–H and O–H groups in total. The van der Waals surface area contributed by atoms with Crippen LogP contribution in [0.25, 0.3) is 0 Å². The van der Waals surface area contributed by atoms with Crippen LogP contribution < -0.4 is 16.6 Å². The first-order chi connectivity index (χ1) is 9.08. The van der Waals surface area contributed by atoms with Crippen molar-refractivity contribution in [3.05, 3.63) is 35.5 Å². The Hall–Kier alpha value is -2.08. The van der Waals surface area contributed by atoms with Gasteiger partial charge in [-0.25, -0.2) is 15.8 Å². The van der Waals surface area contributed by atoms with Gasteiger partial charge >= 0.3 is 0 Å². The van der Waals surface area contributed by atoms with Crippen LogP contribution in [0, 0.1) is 6.92 Å². The van der Waals surface area contributed by atoms with E-state index in [2.05, 4.69) is 20.7 Å². The summed E-state index contributed by atoms with van der Waals surface area (Å²) in [7, 11) is 0. The van der Waals surface area contributed by atoms with Crippen LogP contribution in [-0.4, -0.2) is 9.97 Å². The quantitative estimate of drug-likeness (QED) is 0.565. The van der Waals surface area contributed by atoms with E-state index in [1.165, 1.54) is 0 Å². The number of rotatable bonds is 5. The molecule has 0 saturated heterocycles. The van der Waals surface area contributed by atoms with E-state index in [-0.39, 0.29) is 5.92 Å². The summed E-state index contributed by atoms with van der Waals surface area (Å²) in [4.78, 5) is 8.74. The molecular formula is C13H19N5O. The van der Waals surface area contributed by atoms with Crippen LogP contribution in [0.15, 0.2) is 22.6 Å². The molecule has 0 aromatic carbocycles. The molecule has 19 heavy (non-hydrogen) atoms. The maximum atomic E-state index is 5.49. The molecule has 0 aliphatic heterocycles. The maximum Gasteiger partial charge on any atom is 0.145 e. The molecule has 102 valence electrons. The van der Waals surface area contributed by atoms with Gasteiger partial charge in [0, 0.05) is 12.0 Å². The third-order valence-electron chi connectivity index (χ3n) is 2.65. The molecule has 0 saturated carbocycles. The molecule has 0 fully saturated rings. The Bertz CT molecular complexity index is 550. The van der Waals surface area contributed by atoms with Crippen LogP contribution in [-0.2, 0) is 6.54 Å². The summed E-state index contributed by atoms with van der Waals surface area (Å²) in [5.74, 6) is 9.47. The minimum Gasteiger partial charge on any atom is -0.465 e. The van der Waals surface area contributed by atoms with E-state index in [1.54, 1.807) is 6.07 Å². The lowest BCUT2D eigenvalue weighted by molar-refractivity contribution is 0.490. The van der Waals surface area contributed by atoms with E-state index in [9.17, 15) is 0 Å². The zero-order chi connectivity index (χ0) is 13.8. The van der Waals surface area contributed by atoms with E-state index in [4.69, 9.17) is 10.3 Å². The van der Waals surface area contributed by atoms with Crippen molar-refractivity contribution in [3.8, 4) is 0 Å². The summed E-state index contributed by atoms with van der Waals surface area (Å²) < 4.78 is 5.49. The van der Waals surface area contributed by atoms with Crippen LogP contribution >= 0.6 is 0 Å². The molecule has 0 aliphatic carbocycles. The normalized spacial score (nSPS) is 10.8. The van der Waals surface area contributed by atoms with Gasteiger partial charge in [0.05, 0.1) is 6.54 Å². The van der Waals surface area contributed by atoms with E-state index < -0.39 is 0 Å². The Balaban J connectivity index is 2.12. The van der Waals surface area contributed by atoms with E-state index >= 15 is 0 Å². The van der Waals surface area contributed by atoms with Crippen molar-refractivity contribution in [1.82, 2.24) is 9.97 Å². The largest absolute Gasteiger partial charge is 0.465 e. The number of hydrazine groups is 1. The summed E-state index contributed by atoms with van der Waals surface area (Å²) in [5, 5.41) is 3.20. The van der Waals surface area contributed by atoms with Crippen molar-refractivity contribution in [2.45, 2.75) is 33.2 Å². The van der Waals surface area contributed by atoms with Crippen LogP contribution in [0.1, 0.15) is 37.1 Å². The summed E-state index contributed by atoms with van der Waals surface area (Å²) in [6, 6.07) is 5.64. The highest BCUT2D eigenvalue weighted by Crippen LogP contribution is 2.17. The number of nitrogens with zero attached hydrogens (tertiary/aromatic N) is 2. The zero-order valence-corrected chi connectivity index (χ0v) is 11.4. The van der Waals surface area contributed by atoms with Crippen molar-refractivity contribution < 1.29 is 4.42 Å². The van der Waals surface area contributed by atoms with Crippen LogP contribution in [0.2, 0.25) is 0 Å². The standard InChI is InChI=1S/C13H19N5O/c1-8(2)13-16-11(6-12(17-13)18-14)15-7-10-5-4-9(3)19-10/h4-6,8H,7,14H2,1-3H3,(H2,15,16,17,18). The highest BCUT2D eigenvalue weighted by molar-refractivity contribution is 5.47. The minimum absolute atomic E-state index is 0.236.